The van der Waals surface area contributed by atoms with Crippen LogP contribution in [0.15, 0.2) is 12.4 Å². The lowest BCUT2D eigenvalue weighted by molar-refractivity contribution is -0.137. The minimum absolute atomic E-state index is 0.0495. The quantitative estimate of drug-likeness (QED) is 0.706. The largest absolute Gasteiger partial charge is 0.419 e. The van der Waals surface area contributed by atoms with Crippen LogP contribution in [-0.4, -0.2) is 40.7 Å². The zero-order chi connectivity index (χ0) is 20.0. The highest BCUT2D eigenvalue weighted by Crippen LogP contribution is 2.43. The molecule has 1 amide bonds. The number of alkyl halides is 4. The second-order valence-electron chi connectivity index (χ2n) is 7.22. The first-order chi connectivity index (χ1) is 12.5. The molecule has 148 valence electrons. The normalized spacial score (nSPS) is 18.8. The van der Waals surface area contributed by atoms with Gasteiger partial charge in [-0.1, -0.05) is 0 Å². The topological polar surface area (TPSA) is 87.0 Å². The molecule has 2 aromatic rings. The number of pyridine rings is 1. The first-order valence-corrected chi connectivity index (χ1v) is 8.56. The molecule has 0 bridgehead atoms. The number of amides is 1. The van der Waals surface area contributed by atoms with Gasteiger partial charge >= 0.3 is 6.18 Å². The van der Waals surface area contributed by atoms with Crippen LogP contribution in [0.4, 0.5) is 28.9 Å². The van der Waals surface area contributed by atoms with Crippen LogP contribution in [0.5, 0.6) is 0 Å². The van der Waals surface area contributed by atoms with E-state index in [0.29, 0.717) is 13.0 Å². The lowest BCUT2D eigenvalue weighted by Gasteiger charge is -2.34. The predicted octanol–water partition coefficient (Wildman–Crippen LogP) is 3.20. The number of halogens is 4. The molecule has 1 saturated heterocycles. The Morgan fingerprint density at radius 2 is 2.07 bits per heavy atom. The van der Waals surface area contributed by atoms with Gasteiger partial charge < -0.3 is 20.9 Å². The lowest BCUT2D eigenvalue weighted by Crippen LogP contribution is -2.43. The van der Waals surface area contributed by atoms with Crippen LogP contribution in [0.25, 0.3) is 11.0 Å². The monoisotopic (exact) mass is 387 g/mol. The van der Waals surface area contributed by atoms with Crippen LogP contribution in [0.2, 0.25) is 0 Å². The van der Waals surface area contributed by atoms with Crippen LogP contribution < -0.4 is 16.0 Å². The average molecular weight is 387 g/mol. The van der Waals surface area contributed by atoms with Gasteiger partial charge in [-0.3, -0.25) is 4.79 Å². The van der Waals surface area contributed by atoms with Crippen LogP contribution in [0.3, 0.4) is 0 Å². The number of aromatic nitrogens is 2. The molecule has 4 N–H and O–H groups in total. The number of nitrogens with two attached hydrogens (primary N) is 1. The molecule has 3 rings (SSSR count). The molecule has 2 aromatic heterocycles. The lowest BCUT2D eigenvalue weighted by atomic mass is 10.0. The second-order valence-corrected chi connectivity index (χ2v) is 7.22. The van der Waals surface area contributed by atoms with Crippen LogP contribution in [0, 0.1) is 0 Å². The number of carbonyl (C=O) groups excluding carboxylic acids is 1. The molecule has 1 aliphatic heterocycles. The van der Waals surface area contributed by atoms with Crippen molar-refractivity contribution in [2.75, 3.05) is 23.3 Å². The second kappa shape index (κ2) is 6.66. The standard InChI is InChI=1S/C17H21F4N5O/c1-16(2,18)15(27)25-11-7-24-14-12(11)13(10(6-23-14)17(19,20)21)26-5-3-4-9(22)8-26/h6-7,9H,3-5,8,22H2,1-2H3,(H,23,24)(H,25,27). The number of piperidine rings is 1. The first-order valence-electron chi connectivity index (χ1n) is 8.56. The van der Waals surface area contributed by atoms with Crippen molar-refractivity contribution in [2.45, 2.75) is 44.6 Å². The van der Waals surface area contributed by atoms with E-state index in [1.165, 1.54) is 6.20 Å². The number of hydrogen-bond acceptors (Lipinski definition) is 4. The van der Waals surface area contributed by atoms with Crippen molar-refractivity contribution in [2.24, 2.45) is 5.73 Å². The fourth-order valence-electron chi connectivity index (χ4n) is 3.20. The maximum absolute atomic E-state index is 13.9. The number of nitrogens with zero attached hydrogens (tertiary/aromatic N) is 2. The number of hydrogen-bond donors (Lipinski definition) is 3. The Bertz CT molecular complexity index is 855. The molecule has 10 heteroatoms. The Hall–Kier alpha value is -2.36. The van der Waals surface area contributed by atoms with E-state index in [4.69, 9.17) is 5.73 Å². The summed E-state index contributed by atoms with van der Waals surface area (Å²) in [5, 5.41) is 2.46. The van der Waals surface area contributed by atoms with Crippen molar-refractivity contribution in [1.29, 1.82) is 0 Å². The molecule has 6 nitrogen and oxygen atoms in total. The summed E-state index contributed by atoms with van der Waals surface area (Å²) in [6.07, 6.45) is -1.20. The van der Waals surface area contributed by atoms with Crippen LogP contribution in [0.1, 0.15) is 32.3 Å². The molecular formula is C17H21F4N5O. The third-order valence-corrected chi connectivity index (χ3v) is 4.54. The molecule has 1 atom stereocenters. The highest BCUT2D eigenvalue weighted by molar-refractivity contribution is 6.08. The summed E-state index contributed by atoms with van der Waals surface area (Å²) in [7, 11) is 0. The Morgan fingerprint density at radius 3 is 2.67 bits per heavy atom. The van der Waals surface area contributed by atoms with Gasteiger partial charge in [-0.05, 0) is 26.7 Å². The molecule has 0 aromatic carbocycles. The van der Waals surface area contributed by atoms with Gasteiger partial charge in [0.1, 0.15) is 5.65 Å². The zero-order valence-electron chi connectivity index (χ0n) is 15.0. The fraction of sp³-hybridized carbons (Fsp3) is 0.529. The molecule has 0 radical (unpaired) electrons. The maximum Gasteiger partial charge on any atom is 0.419 e. The van der Waals surface area contributed by atoms with E-state index in [9.17, 15) is 22.4 Å². The van der Waals surface area contributed by atoms with Gasteiger partial charge in [0.25, 0.3) is 5.91 Å². The van der Waals surface area contributed by atoms with Gasteiger partial charge in [0.05, 0.1) is 22.3 Å². The number of fused-ring (bicyclic) bond motifs is 1. The van der Waals surface area contributed by atoms with E-state index in [-0.39, 0.29) is 35.0 Å². The zero-order valence-corrected chi connectivity index (χ0v) is 15.0. The van der Waals surface area contributed by atoms with E-state index in [1.54, 1.807) is 4.90 Å². The van der Waals surface area contributed by atoms with E-state index in [0.717, 1.165) is 26.5 Å². The number of aromatic amines is 1. The molecule has 1 fully saturated rings. The maximum atomic E-state index is 13.9. The summed E-state index contributed by atoms with van der Waals surface area (Å²) in [5.41, 5.74) is 2.96. The molecule has 0 spiro atoms. The van der Waals surface area contributed by atoms with Crippen molar-refractivity contribution < 1.29 is 22.4 Å². The Kier molecular flexibility index (Phi) is 4.79. The summed E-state index contributed by atoms with van der Waals surface area (Å²) >= 11 is 0. The molecule has 27 heavy (non-hydrogen) atoms. The van der Waals surface area contributed by atoms with E-state index >= 15 is 0 Å². The Balaban J connectivity index is 2.18. The van der Waals surface area contributed by atoms with Gasteiger partial charge in [-0.2, -0.15) is 13.2 Å². The number of anilines is 2. The van der Waals surface area contributed by atoms with Crippen molar-refractivity contribution in [3.63, 3.8) is 0 Å². The fourth-order valence-corrected chi connectivity index (χ4v) is 3.20. The van der Waals surface area contributed by atoms with Gasteiger partial charge in [0, 0.05) is 31.5 Å². The van der Waals surface area contributed by atoms with Crippen LogP contribution in [-0.2, 0) is 11.0 Å². The van der Waals surface area contributed by atoms with Gasteiger partial charge in [-0.25, -0.2) is 9.37 Å². The van der Waals surface area contributed by atoms with Gasteiger partial charge in [0.15, 0.2) is 5.67 Å². The van der Waals surface area contributed by atoms with Crippen molar-refractivity contribution in [1.82, 2.24) is 9.97 Å². The van der Waals surface area contributed by atoms with Crippen molar-refractivity contribution >= 4 is 28.3 Å². The van der Waals surface area contributed by atoms with Crippen molar-refractivity contribution in [3.05, 3.63) is 18.0 Å². The number of rotatable bonds is 3. The van der Waals surface area contributed by atoms with Gasteiger partial charge in [0.2, 0.25) is 0 Å². The average Bonchev–Trinajstić information content (AvgIpc) is 2.95. The Morgan fingerprint density at radius 1 is 1.37 bits per heavy atom. The van der Waals surface area contributed by atoms with Crippen molar-refractivity contribution in [3.8, 4) is 0 Å². The molecule has 1 aliphatic rings. The number of H-pyrrole nitrogens is 1. The number of carbonyl (C=O) groups is 1. The number of nitrogens with one attached hydrogen (secondary N) is 2. The van der Waals surface area contributed by atoms with Crippen LogP contribution >= 0.6 is 0 Å². The SMILES string of the molecule is CC(C)(F)C(=O)Nc1c[nH]c2ncc(C(F)(F)F)c(N3CCCC(N)C3)c12. The summed E-state index contributed by atoms with van der Waals surface area (Å²) in [5.74, 6) is -0.956. The first kappa shape index (κ1) is 19.4. The van der Waals surface area contributed by atoms with E-state index < -0.39 is 23.3 Å². The van der Waals surface area contributed by atoms with E-state index in [2.05, 4.69) is 15.3 Å². The molecule has 1 unspecified atom stereocenters. The smallest absolute Gasteiger partial charge is 0.369 e. The van der Waals surface area contributed by atoms with Gasteiger partial charge in [-0.15, -0.1) is 0 Å². The third-order valence-electron chi connectivity index (χ3n) is 4.54. The minimum atomic E-state index is -4.64. The summed E-state index contributed by atoms with van der Waals surface area (Å²) in [6.45, 7) is 2.78. The Labute approximate surface area is 153 Å². The summed E-state index contributed by atoms with van der Waals surface area (Å²) in [4.78, 5) is 20.2. The summed E-state index contributed by atoms with van der Waals surface area (Å²) < 4.78 is 54.9. The molecule has 0 aliphatic carbocycles. The summed E-state index contributed by atoms with van der Waals surface area (Å²) in [6, 6.07) is -0.259. The highest BCUT2D eigenvalue weighted by atomic mass is 19.4. The highest BCUT2D eigenvalue weighted by Gasteiger charge is 2.38. The molecular weight excluding hydrogens is 366 g/mol. The third kappa shape index (κ3) is 3.85. The van der Waals surface area contributed by atoms with E-state index in [1.807, 2.05) is 0 Å². The molecule has 0 saturated carbocycles. The predicted molar refractivity (Wildman–Crippen MR) is 94.3 cm³/mol. The molecule has 3 heterocycles. The minimum Gasteiger partial charge on any atom is -0.369 e.